The molecule has 0 aliphatic carbocycles. The second-order valence-electron chi connectivity index (χ2n) is 3.51. The molecule has 1 heterocycles. The van der Waals surface area contributed by atoms with Crippen molar-refractivity contribution in [1.29, 1.82) is 5.26 Å². The SMILES string of the molecule is N#Cc1ccc(Oc2cccnc2C(=O)O)c(Br)c1. The summed E-state index contributed by atoms with van der Waals surface area (Å²) in [6.07, 6.45) is 1.38. The Bertz CT molecular complexity index is 680. The van der Waals surface area contributed by atoms with Gasteiger partial charge in [-0.3, -0.25) is 0 Å². The molecule has 0 saturated heterocycles. The molecule has 1 aromatic carbocycles. The van der Waals surface area contributed by atoms with E-state index in [4.69, 9.17) is 15.1 Å². The van der Waals surface area contributed by atoms with Crippen molar-refractivity contribution in [2.75, 3.05) is 0 Å². The van der Waals surface area contributed by atoms with E-state index in [1.54, 1.807) is 24.3 Å². The van der Waals surface area contributed by atoms with Crippen LogP contribution in [0.3, 0.4) is 0 Å². The maximum Gasteiger partial charge on any atom is 0.358 e. The van der Waals surface area contributed by atoms with Crippen LogP contribution in [0.1, 0.15) is 16.1 Å². The molecule has 2 aromatic rings. The van der Waals surface area contributed by atoms with Crippen molar-refractivity contribution in [3.8, 4) is 17.6 Å². The van der Waals surface area contributed by atoms with Gasteiger partial charge in [0.2, 0.25) is 0 Å². The number of nitriles is 1. The van der Waals surface area contributed by atoms with Crippen molar-refractivity contribution >= 4 is 21.9 Å². The first-order valence-corrected chi connectivity index (χ1v) is 5.97. The topological polar surface area (TPSA) is 83.2 Å². The minimum Gasteiger partial charge on any atom is -0.476 e. The number of carboxylic acid groups (broad SMARTS) is 1. The van der Waals surface area contributed by atoms with Gasteiger partial charge in [0.05, 0.1) is 16.1 Å². The van der Waals surface area contributed by atoms with E-state index in [-0.39, 0.29) is 11.4 Å². The lowest BCUT2D eigenvalue weighted by Gasteiger charge is -2.09. The zero-order valence-corrected chi connectivity index (χ0v) is 11.1. The van der Waals surface area contributed by atoms with Crippen LogP contribution in [0, 0.1) is 11.3 Å². The van der Waals surface area contributed by atoms with Gasteiger partial charge in [0.1, 0.15) is 5.75 Å². The van der Waals surface area contributed by atoms with E-state index in [1.165, 1.54) is 12.3 Å². The van der Waals surface area contributed by atoms with Gasteiger partial charge in [0.25, 0.3) is 0 Å². The highest BCUT2D eigenvalue weighted by molar-refractivity contribution is 9.10. The largest absolute Gasteiger partial charge is 0.476 e. The summed E-state index contributed by atoms with van der Waals surface area (Å²) in [5.74, 6) is -0.615. The molecule has 1 aromatic heterocycles. The molecule has 0 spiro atoms. The van der Waals surface area contributed by atoms with Crippen molar-refractivity contribution in [2.24, 2.45) is 0 Å². The van der Waals surface area contributed by atoms with Crippen LogP contribution in [0.15, 0.2) is 41.0 Å². The first kappa shape index (κ1) is 13.1. The predicted molar refractivity (Wildman–Crippen MR) is 70.1 cm³/mol. The maximum atomic E-state index is 11.0. The highest BCUT2D eigenvalue weighted by Crippen LogP contribution is 2.31. The van der Waals surface area contributed by atoms with Crippen LogP contribution in [-0.2, 0) is 0 Å². The zero-order chi connectivity index (χ0) is 13.8. The Balaban J connectivity index is 2.37. The molecule has 0 bridgehead atoms. The van der Waals surface area contributed by atoms with Crippen LogP contribution in [-0.4, -0.2) is 16.1 Å². The summed E-state index contributed by atoms with van der Waals surface area (Å²) < 4.78 is 6.06. The van der Waals surface area contributed by atoms with E-state index in [2.05, 4.69) is 20.9 Å². The fourth-order valence-electron chi connectivity index (χ4n) is 1.41. The number of ether oxygens (including phenoxy) is 1. The van der Waals surface area contributed by atoms with Gasteiger partial charge in [-0.05, 0) is 46.3 Å². The lowest BCUT2D eigenvalue weighted by Crippen LogP contribution is -2.02. The molecule has 6 heteroatoms. The third-order valence-corrected chi connectivity index (χ3v) is 2.87. The molecule has 0 unspecified atom stereocenters. The Morgan fingerprint density at radius 3 is 2.79 bits per heavy atom. The fourth-order valence-corrected chi connectivity index (χ4v) is 1.86. The first-order valence-electron chi connectivity index (χ1n) is 5.17. The molecule has 19 heavy (non-hydrogen) atoms. The van der Waals surface area contributed by atoms with E-state index in [1.807, 2.05) is 6.07 Å². The number of benzene rings is 1. The van der Waals surface area contributed by atoms with E-state index in [0.717, 1.165) is 0 Å². The minimum atomic E-state index is -1.17. The number of pyridine rings is 1. The Morgan fingerprint density at radius 1 is 1.37 bits per heavy atom. The molecule has 0 fully saturated rings. The number of carboxylic acids is 1. The average Bonchev–Trinajstić information content (AvgIpc) is 2.41. The molecular formula is C13H7BrN2O3. The van der Waals surface area contributed by atoms with Crippen molar-refractivity contribution < 1.29 is 14.6 Å². The van der Waals surface area contributed by atoms with Gasteiger partial charge in [0, 0.05) is 6.20 Å². The van der Waals surface area contributed by atoms with Crippen molar-refractivity contribution in [3.05, 3.63) is 52.3 Å². The van der Waals surface area contributed by atoms with Gasteiger partial charge in [-0.2, -0.15) is 5.26 Å². The Hall–Kier alpha value is -2.39. The number of rotatable bonds is 3. The molecular weight excluding hydrogens is 312 g/mol. The van der Waals surface area contributed by atoms with Gasteiger partial charge in [-0.1, -0.05) is 0 Å². The maximum absolute atomic E-state index is 11.0. The number of halogens is 1. The first-order chi connectivity index (χ1) is 9.11. The highest BCUT2D eigenvalue weighted by Gasteiger charge is 2.14. The molecule has 94 valence electrons. The van der Waals surface area contributed by atoms with Crippen LogP contribution in [0.25, 0.3) is 0 Å². The number of aromatic carboxylic acids is 1. The van der Waals surface area contributed by atoms with Gasteiger partial charge < -0.3 is 9.84 Å². The second-order valence-corrected chi connectivity index (χ2v) is 4.37. The molecule has 1 N–H and O–H groups in total. The fraction of sp³-hybridized carbons (Fsp3) is 0. The van der Waals surface area contributed by atoms with Crippen molar-refractivity contribution in [3.63, 3.8) is 0 Å². The number of hydrogen-bond acceptors (Lipinski definition) is 4. The standard InChI is InChI=1S/C13H7BrN2O3/c14-9-6-8(7-15)3-4-10(9)19-11-2-1-5-16-12(11)13(17)18/h1-6H,(H,17,18). The summed E-state index contributed by atoms with van der Waals surface area (Å²) in [4.78, 5) is 14.7. The van der Waals surface area contributed by atoms with Crippen LogP contribution in [0.2, 0.25) is 0 Å². The molecule has 0 aliphatic heterocycles. The van der Waals surface area contributed by atoms with Crippen molar-refractivity contribution in [2.45, 2.75) is 0 Å². The summed E-state index contributed by atoms with van der Waals surface area (Å²) >= 11 is 3.26. The van der Waals surface area contributed by atoms with Gasteiger partial charge >= 0.3 is 5.97 Å². The quantitative estimate of drug-likeness (QED) is 0.939. The molecule has 0 amide bonds. The lowest BCUT2D eigenvalue weighted by molar-refractivity contribution is 0.0687. The summed E-state index contributed by atoms with van der Waals surface area (Å²) in [7, 11) is 0. The zero-order valence-electron chi connectivity index (χ0n) is 9.50. The highest BCUT2D eigenvalue weighted by atomic mass is 79.9. The van der Waals surface area contributed by atoms with Crippen LogP contribution >= 0.6 is 15.9 Å². The van der Waals surface area contributed by atoms with Crippen LogP contribution in [0.4, 0.5) is 0 Å². The average molecular weight is 319 g/mol. The summed E-state index contributed by atoms with van der Waals surface area (Å²) in [6, 6.07) is 9.85. The Kier molecular flexibility index (Phi) is 3.78. The second kappa shape index (κ2) is 5.50. The summed E-state index contributed by atoms with van der Waals surface area (Å²) in [5, 5.41) is 17.8. The smallest absolute Gasteiger partial charge is 0.358 e. The molecule has 0 atom stereocenters. The van der Waals surface area contributed by atoms with Crippen molar-refractivity contribution in [1.82, 2.24) is 4.98 Å². The van der Waals surface area contributed by atoms with E-state index >= 15 is 0 Å². The number of aromatic nitrogens is 1. The van der Waals surface area contributed by atoms with Crippen LogP contribution in [0.5, 0.6) is 11.5 Å². The molecule has 2 rings (SSSR count). The molecule has 0 radical (unpaired) electrons. The minimum absolute atomic E-state index is 0.139. The number of nitrogens with zero attached hydrogens (tertiary/aromatic N) is 2. The lowest BCUT2D eigenvalue weighted by atomic mass is 10.2. The van der Waals surface area contributed by atoms with E-state index < -0.39 is 5.97 Å². The molecule has 0 aliphatic rings. The van der Waals surface area contributed by atoms with E-state index in [0.29, 0.717) is 15.8 Å². The van der Waals surface area contributed by atoms with E-state index in [9.17, 15) is 4.79 Å². The predicted octanol–water partition coefficient (Wildman–Crippen LogP) is 3.21. The third-order valence-electron chi connectivity index (χ3n) is 2.25. The third kappa shape index (κ3) is 2.89. The van der Waals surface area contributed by atoms with Gasteiger partial charge in [0.15, 0.2) is 11.4 Å². The Labute approximate surface area is 117 Å². The number of carbonyl (C=O) groups is 1. The molecule has 0 saturated carbocycles. The monoisotopic (exact) mass is 318 g/mol. The van der Waals surface area contributed by atoms with Gasteiger partial charge in [-0.15, -0.1) is 0 Å². The molecule has 5 nitrogen and oxygen atoms in total. The number of hydrogen-bond donors (Lipinski definition) is 1. The normalized spacial score (nSPS) is 9.68. The van der Waals surface area contributed by atoms with Gasteiger partial charge in [-0.25, -0.2) is 9.78 Å². The summed E-state index contributed by atoms with van der Waals surface area (Å²) in [5.41, 5.74) is 0.308. The van der Waals surface area contributed by atoms with Crippen LogP contribution < -0.4 is 4.74 Å². The Morgan fingerprint density at radius 2 is 2.16 bits per heavy atom. The summed E-state index contributed by atoms with van der Waals surface area (Å²) in [6.45, 7) is 0.